The minimum Gasteiger partial charge on any atom is -0.311 e. The number of rotatable bonds is 6. The summed E-state index contributed by atoms with van der Waals surface area (Å²) in [6, 6.07) is 12.5. The lowest BCUT2D eigenvalue weighted by molar-refractivity contribution is 0.270. The third kappa shape index (κ3) is 4.09. The molecule has 1 fully saturated rings. The van der Waals surface area contributed by atoms with Crippen molar-refractivity contribution in [3.8, 4) is 0 Å². The van der Waals surface area contributed by atoms with Crippen LogP contribution in [0, 0.1) is 5.92 Å². The third-order valence-corrected chi connectivity index (χ3v) is 5.25. The van der Waals surface area contributed by atoms with Crippen molar-refractivity contribution < 1.29 is 0 Å². The highest BCUT2D eigenvalue weighted by Crippen LogP contribution is 2.33. The molecule has 1 aliphatic rings. The molecule has 1 aliphatic carbocycles. The van der Waals surface area contributed by atoms with E-state index in [1.54, 1.807) is 5.56 Å². The topological polar surface area (TPSA) is 12.0 Å². The van der Waals surface area contributed by atoms with Gasteiger partial charge in [0.05, 0.1) is 0 Å². The van der Waals surface area contributed by atoms with Crippen molar-refractivity contribution in [3.05, 3.63) is 35.9 Å². The summed E-state index contributed by atoms with van der Waals surface area (Å²) in [6.45, 7) is 7.01. The molecule has 20 heavy (non-hydrogen) atoms. The predicted molar refractivity (Wildman–Crippen MR) is 88.1 cm³/mol. The number of hydrogen-bond donors (Lipinski definition) is 1. The second kappa shape index (κ2) is 7.83. The van der Waals surface area contributed by atoms with E-state index in [0.717, 1.165) is 17.9 Å². The zero-order chi connectivity index (χ0) is 14.4. The van der Waals surface area contributed by atoms with Crippen LogP contribution in [0.15, 0.2) is 30.3 Å². The molecule has 0 radical (unpaired) electrons. The van der Waals surface area contributed by atoms with Gasteiger partial charge in [0.1, 0.15) is 0 Å². The minimum atomic E-state index is 0.670. The first-order chi connectivity index (χ1) is 9.74. The molecule has 0 amide bonds. The summed E-state index contributed by atoms with van der Waals surface area (Å²) in [4.78, 5) is 0. The zero-order valence-electron chi connectivity index (χ0n) is 13.4. The van der Waals surface area contributed by atoms with Gasteiger partial charge in [0.15, 0.2) is 0 Å². The standard InChI is InChI=1S/C19H31N/c1-4-16(5-2)15(3)20-19-13-11-18(12-14-19)17-9-7-6-8-10-17/h6-10,15-16,18-20H,4-5,11-14H2,1-3H3. The van der Waals surface area contributed by atoms with Crippen molar-refractivity contribution in [2.75, 3.05) is 0 Å². The third-order valence-electron chi connectivity index (χ3n) is 5.25. The summed E-state index contributed by atoms with van der Waals surface area (Å²) < 4.78 is 0. The Hall–Kier alpha value is -0.820. The van der Waals surface area contributed by atoms with E-state index in [-0.39, 0.29) is 0 Å². The van der Waals surface area contributed by atoms with E-state index in [1.807, 2.05) is 0 Å². The van der Waals surface area contributed by atoms with Crippen LogP contribution in [0.25, 0.3) is 0 Å². The molecular formula is C19H31N. The van der Waals surface area contributed by atoms with E-state index < -0.39 is 0 Å². The molecule has 0 bridgehead atoms. The Balaban J connectivity index is 1.80. The average molecular weight is 273 g/mol. The predicted octanol–water partition coefficient (Wildman–Crippen LogP) is 5.13. The van der Waals surface area contributed by atoms with Crippen molar-refractivity contribution in [2.45, 2.75) is 77.3 Å². The first-order valence-corrected chi connectivity index (χ1v) is 8.55. The molecule has 1 heteroatoms. The lowest BCUT2D eigenvalue weighted by Crippen LogP contribution is -2.42. The Labute approximate surface area is 125 Å². The monoisotopic (exact) mass is 273 g/mol. The van der Waals surface area contributed by atoms with E-state index >= 15 is 0 Å². The molecule has 1 unspecified atom stereocenters. The molecule has 1 atom stereocenters. The molecule has 1 saturated carbocycles. The molecule has 0 heterocycles. The Morgan fingerprint density at radius 2 is 1.60 bits per heavy atom. The highest BCUT2D eigenvalue weighted by Gasteiger charge is 2.24. The van der Waals surface area contributed by atoms with Crippen molar-refractivity contribution in [1.82, 2.24) is 5.32 Å². The van der Waals surface area contributed by atoms with E-state index in [9.17, 15) is 0 Å². The van der Waals surface area contributed by atoms with Crippen LogP contribution < -0.4 is 5.32 Å². The van der Waals surface area contributed by atoms with Gasteiger partial charge in [-0.25, -0.2) is 0 Å². The lowest BCUT2D eigenvalue weighted by Gasteiger charge is -2.33. The number of benzene rings is 1. The Bertz CT molecular complexity index is 361. The number of nitrogens with one attached hydrogen (secondary N) is 1. The zero-order valence-corrected chi connectivity index (χ0v) is 13.4. The molecule has 1 aromatic rings. The normalized spacial score (nSPS) is 24.8. The minimum absolute atomic E-state index is 0.670. The smallest absolute Gasteiger partial charge is 0.00700 e. The molecule has 2 rings (SSSR count). The van der Waals surface area contributed by atoms with Gasteiger partial charge in [0.2, 0.25) is 0 Å². The van der Waals surface area contributed by atoms with Gasteiger partial charge >= 0.3 is 0 Å². The second-order valence-corrected chi connectivity index (χ2v) is 6.49. The summed E-state index contributed by atoms with van der Waals surface area (Å²) >= 11 is 0. The Morgan fingerprint density at radius 1 is 1.00 bits per heavy atom. The first kappa shape index (κ1) is 15.6. The summed E-state index contributed by atoms with van der Waals surface area (Å²) in [6.07, 6.45) is 7.96. The van der Waals surface area contributed by atoms with Crippen LogP contribution >= 0.6 is 0 Å². The van der Waals surface area contributed by atoms with Crippen LogP contribution in [-0.4, -0.2) is 12.1 Å². The van der Waals surface area contributed by atoms with E-state index in [2.05, 4.69) is 56.4 Å². The summed E-state index contributed by atoms with van der Waals surface area (Å²) in [5.74, 6) is 1.62. The van der Waals surface area contributed by atoms with E-state index in [1.165, 1.54) is 38.5 Å². The molecule has 0 aliphatic heterocycles. The molecule has 0 spiro atoms. The molecule has 0 aromatic heterocycles. The van der Waals surface area contributed by atoms with Crippen molar-refractivity contribution in [3.63, 3.8) is 0 Å². The molecule has 112 valence electrons. The SMILES string of the molecule is CCC(CC)C(C)NC1CCC(c2ccccc2)CC1. The highest BCUT2D eigenvalue weighted by atomic mass is 15.0. The van der Waals surface area contributed by atoms with Gasteiger partial charge in [0, 0.05) is 12.1 Å². The van der Waals surface area contributed by atoms with Gasteiger partial charge in [-0.2, -0.15) is 0 Å². The van der Waals surface area contributed by atoms with Gasteiger partial charge < -0.3 is 5.32 Å². The Kier molecular flexibility index (Phi) is 6.09. The van der Waals surface area contributed by atoms with Crippen LogP contribution in [0.2, 0.25) is 0 Å². The maximum atomic E-state index is 3.89. The van der Waals surface area contributed by atoms with Crippen molar-refractivity contribution >= 4 is 0 Å². The molecule has 1 nitrogen and oxygen atoms in total. The van der Waals surface area contributed by atoms with Gasteiger partial charge in [-0.15, -0.1) is 0 Å². The summed E-state index contributed by atoms with van der Waals surface area (Å²) in [5.41, 5.74) is 1.54. The van der Waals surface area contributed by atoms with Gasteiger partial charge in [-0.1, -0.05) is 57.0 Å². The summed E-state index contributed by atoms with van der Waals surface area (Å²) in [7, 11) is 0. The van der Waals surface area contributed by atoms with Crippen molar-refractivity contribution in [1.29, 1.82) is 0 Å². The fourth-order valence-corrected chi connectivity index (χ4v) is 3.82. The van der Waals surface area contributed by atoms with Crippen LogP contribution in [-0.2, 0) is 0 Å². The fraction of sp³-hybridized carbons (Fsp3) is 0.684. The molecule has 1 aromatic carbocycles. The van der Waals surface area contributed by atoms with Crippen LogP contribution in [0.5, 0.6) is 0 Å². The number of hydrogen-bond acceptors (Lipinski definition) is 1. The second-order valence-electron chi connectivity index (χ2n) is 6.49. The summed E-state index contributed by atoms with van der Waals surface area (Å²) in [5, 5.41) is 3.89. The van der Waals surface area contributed by atoms with Crippen LogP contribution in [0.3, 0.4) is 0 Å². The van der Waals surface area contributed by atoms with Gasteiger partial charge in [0.25, 0.3) is 0 Å². The maximum Gasteiger partial charge on any atom is 0.00700 e. The van der Waals surface area contributed by atoms with Gasteiger partial charge in [-0.3, -0.25) is 0 Å². The maximum absolute atomic E-state index is 3.89. The largest absolute Gasteiger partial charge is 0.311 e. The first-order valence-electron chi connectivity index (χ1n) is 8.55. The van der Waals surface area contributed by atoms with Gasteiger partial charge in [-0.05, 0) is 50.0 Å². The van der Waals surface area contributed by atoms with Crippen LogP contribution in [0.1, 0.15) is 70.8 Å². The molecule has 1 N–H and O–H groups in total. The van der Waals surface area contributed by atoms with Crippen molar-refractivity contribution in [2.24, 2.45) is 5.92 Å². The fourth-order valence-electron chi connectivity index (χ4n) is 3.82. The molecular weight excluding hydrogens is 242 g/mol. The van der Waals surface area contributed by atoms with E-state index in [0.29, 0.717) is 6.04 Å². The molecule has 0 saturated heterocycles. The Morgan fingerprint density at radius 3 is 2.15 bits per heavy atom. The van der Waals surface area contributed by atoms with E-state index in [4.69, 9.17) is 0 Å². The quantitative estimate of drug-likeness (QED) is 0.758. The lowest BCUT2D eigenvalue weighted by atomic mass is 9.81. The average Bonchev–Trinajstić information content (AvgIpc) is 2.50. The highest BCUT2D eigenvalue weighted by molar-refractivity contribution is 5.20. The van der Waals surface area contributed by atoms with Crippen LogP contribution in [0.4, 0.5) is 0 Å².